The van der Waals surface area contributed by atoms with E-state index in [1.54, 1.807) is 23.6 Å². The Hall–Kier alpha value is -1.68. The molecule has 2 aliphatic rings. The molecule has 1 saturated heterocycles. The number of aryl methyl sites for hydroxylation is 1. The minimum absolute atomic E-state index is 0.0606. The van der Waals surface area contributed by atoms with Gasteiger partial charge in [-0.25, -0.2) is 17.9 Å². The maximum atomic E-state index is 12.9. The molecule has 154 valence electrons. The van der Waals surface area contributed by atoms with E-state index < -0.39 is 27.2 Å². The largest absolute Gasteiger partial charge is 0.391 e. The molecule has 1 aliphatic carbocycles. The van der Waals surface area contributed by atoms with E-state index >= 15 is 0 Å². The molecule has 1 unspecified atom stereocenters. The summed E-state index contributed by atoms with van der Waals surface area (Å²) in [5, 5.41) is 6.99. The quantitative estimate of drug-likeness (QED) is 0.815. The Morgan fingerprint density at radius 1 is 1.18 bits per heavy atom. The van der Waals surface area contributed by atoms with Crippen LogP contribution in [0.1, 0.15) is 53.9 Å². The molecule has 3 heterocycles. The van der Waals surface area contributed by atoms with Crippen LogP contribution in [0.2, 0.25) is 0 Å². The molecule has 2 fully saturated rings. The number of nitrogens with one attached hydrogen (secondary N) is 1. The predicted octanol–water partition coefficient (Wildman–Crippen LogP) is 2.93. The van der Waals surface area contributed by atoms with Crippen molar-refractivity contribution in [3.05, 3.63) is 29.2 Å². The SMILES string of the molecule is Cc1cc(C2CNCCS2(=O)=O)n2nc([C@H]3CC[C@H](C(F)(F)F)CC3)cc2n1. The minimum Gasteiger partial charge on any atom is -0.314 e. The van der Waals surface area contributed by atoms with Gasteiger partial charge in [0, 0.05) is 30.8 Å². The molecule has 1 atom stereocenters. The summed E-state index contributed by atoms with van der Waals surface area (Å²) in [4.78, 5) is 4.45. The summed E-state index contributed by atoms with van der Waals surface area (Å²) in [6.07, 6.45) is -3.10. The molecule has 0 amide bonds. The number of aromatic nitrogens is 3. The minimum atomic E-state index is -4.14. The standard InChI is InChI=1S/C18H23F3N4O2S/c1-11-8-15(16-10-22-6-7-28(16,26)27)25-17(23-11)9-14(24-25)12-2-4-13(5-3-12)18(19,20)21/h8-9,12-13,16,22H,2-7,10H2,1H3/t12-,13-,16?. The fourth-order valence-corrected chi connectivity index (χ4v) is 5.92. The topological polar surface area (TPSA) is 76.4 Å². The van der Waals surface area contributed by atoms with Gasteiger partial charge in [-0.2, -0.15) is 18.3 Å². The van der Waals surface area contributed by atoms with Crippen LogP contribution in [0.5, 0.6) is 0 Å². The van der Waals surface area contributed by atoms with E-state index in [0.29, 0.717) is 48.7 Å². The molecule has 1 aliphatic heterocycles. The number of rotatable bonds is 2. The van der Waals surface area contributed by atoms with Crippen LogP contribution < -0.4 is 5.32 Å². The fourth-order valence-electron chi connectivity index (χ4n) is 4.30. The molecule has 4 rings (SSSR count). The summed E-state index contributed by atoms with van der Waals surface area (Å²) in [6, 6.07) is 3.53. The van der Waals surface area contributed by atoms with Crippen molar-refractivity contribution < 1.29 is 21.6 Å². The zero-order chi connectivity index (χ0) is 20.1. The predicted molar refractivity (Wildman–Crippen MR) is 97.9 cm³/mol. The number of alkyl halides is 3. The first kappa shape index (κ1) is 19.6. The highest BCUT2D eigenvalue weighted by Crippen LogP contribution is 2.42. The van der Waals surface area contributed by atoms with Crippen molar-refractivity contribution in [1.29, 1.82) is 0 Å². The van der Waals surface area contributed by atoms with Crippen LogP contribution in [-0.4, -0.2) is 48.0 Å². The van der Waals surface area contributed by atoms with E-state index in [4.69, 9.17) is 0 Å². The third kappa shape index (κ3) is 3.63. The van der Waals surface area contributed by atoms with Gasteiger partial charge in [0.15, 0.2) is 15.5 Å². The van der Waals surface area contributed by atoms with Gasteiger partial charge in [0.1, 0.15) is 5.25 Å². The van der Waals surface area contributed by atoms with Crippen molar-refractivity contribution in [3.8, 4) is 0 Å². The summed E-state index contributed by atoms with van der Waals surface area (Å²) in [5.74, 6) is -1.24. The lowest BCUT2D eigenvalue weighted by Gasteiger charge is -2.28. The van der Waals surface area contributed by atoms with Crippen molar-refractivity contribution in [2.45, 2.75) is 50.0 Å². The van der Waals surface area contributed by atoms with Gasteiger partial charge < -0.3 is 5.32 Å². The number of hydrogen-bond acceptors (Lipinski definition) is 5. The molecule has 2 aromatic heterocycles. The van der Waals surface area contributed by atoms with Gasteiger partial charge in [-0.15, -0.1) is 0 Å². The summed E-state index contributed by atoms with van der Waals surface area (Å²) >= 11 is 0. The lowest BCUT2D eigenvalue weighted by Crippen LogP contribution is -2.39. The Kier molecular flexibility index (Phi) is 4.89. The first-order chi connectivity index (χ1) is 13.1. The van der Waals surface area contributed by atoms with Crippen molar-refractivity contribution in [3.63, 3.8) is 0 Å². The van der Waals surface area contributed by atoms with E-state index in [1.807, 2.05) is 0 Å². The second-order valence-corrected chi connectivity index (χ2v) is 10.1. The molecule has 28 heavy (non-hydrogen) atoms. The van der Waals surface area contributed by atoms with Crippen molar-refractivity contribution >= 4 is 15.5 Å². The van der Waals surface area contributed by atoms with E-state index in [-0.39, 0.29) is 24.5 Å². The highest BCUT2D eigenvalue weighted by Gasteiger charge is 2.42. The van der Waals surface area contributed by atoms with Crippen LogP contribution in [0.25, 0.3) is 5.65 Å². The summed E-state index contributed by atoms with van der Waals surface area (Å²) in [6.45, 7) is 2.54. The van der Waals surface area contributed by atoms with E-state index in [0.717, 1.165) is 0 Å². The van der Waals surface area contributed by atoms with Gasteiger partial charge in [-0.3, -0.25) is 0 Å². The van der Waals surface area contributed by atoms with Crippen LogP contribution >= 0.6 is 0 Å². The second kappa shape index (κ2) is 6.98. The van der Waals surface area contributed by atoms with Crippen LogP contribution in [0.15, 0.2) is 12.1 Å². The van der Waals surface area contributed by atoms with Gasteiger partial charge in [-0.1, -0.05) is 0 Å². The lowest BCUT2D eigenvalue weighted by molar-refractivity contribution is -0.182. The smallest absolute Gasteiger partial charge is 0.314 e. The zero-order valence-corrected chi connectivity index (χ0v) is 16.4. The van der Waals surface area contributed by atoms with Gasteiger partial charge >= 0.3 is 6.18 Å². The van der Waals surface area contributed by atoms with Crippen LogP contribution in [0.4, 0.5) is 13.2 Å². The number of halogens is 3. The molecule has 0 spiro atoms. The molecular weight excluding hydrogens is 393 g/mol. The van der Waals surface area contributed by atoms with Gasteiger partial charge in [0.2, 0.25) is 0 Å². The number of nitrogens with zero attached hydrogens (tertiary/aromatic N) is 3. The fraction of sp³-hybridized carbons (Fsp3) is 0.667. The van der Waals surface area contributed by atoms with Gasteiger partial charge in [0.25, 0.3) is 0 Å². The van der Waals surface area contributed by atoms with Crippen molar-refractivity contribution in [1.82, 2.24) is 19.9 Å². The Labute approximate surface area is 161 Å². The number of fused-ring (bicyclic) bond motifs is 1. The van der Waals surface area contributed by atoms with Gasteiger partial charge in [0.05, 0.1) is 23.1 Å². The first-order valence-electron chi connectivity index (χ1n) is 9.51. The van der Waals surface area contributed by atoms with E-state index in [2.05, 4.69) is 15.4 Å². The van der Waals surface area contributed by atoms with Crippen molar-refractivity contribution in [2.75, 3.05) is 18.8 Å². The molecule has 0 bridgehead atoms. The Balaban J connectivity index is 1.67. The van der Waals surface area contributed by atoms with Crippen molar-refractivity contribution in [2.24, 2.45) is 5.92 Å². The second-order valence-electron chi connectivity index (χ2n) is 7.81. The van der Waals surface area contributed by atoms with E-state index in [1.165, 1.54) is 0 Å². The van der Waals surface area contributed by atoms with E-state index in [9.17, 15) is 21.6 Å². The van der Waals surface area contributed by atoms with Crippen LogP contribution in [-0.2, 0) is 9.84 Å². The number of hydrogen-bond donors (Lipinski definition) is 1. The third-order valence-corrected chi connectivity index (χ3v) is 7.91. The summed E-state index contributed by atoms with van der Waals surface area (Å²) < 4.78 is 65.5. The van der Waals surface area contributed by atoms with Crippen LogP contribution in [0.3, 0.4) is 0 Å². The van der Waals surface area contributed by atoms with Crippen LogP contribution in [0, 0.1) is 12.8 Å². The lowest BCUT2D eigenvalue weighted by atomic mass is 9.80. The summed E-state index contributed by atoms with van der Waals surface area (Å²) in [7, 11) is -3.30. The first-order valence-corrected chi connectivity index (χ1v) is 11.2. The highest BCUT2D eigenvalue weighted by molar-refractivity contribution is 7.91. The normalized spacial score (nSPS) is 28.5. The molecular formula is C18H23F3N4O2S. The molecule has 10 heteroatoms. The zero-order valence-electron chi connectivity index (χ0n) is 15.5. The molecule has 6 nitrogen and oxygen atoms in total. The molecule has 0 aromatic carbocycles. The Bertz CT molecular complexity index is 979. The molecule has 1 saturated carbocycles. The number of sulfone groups is 1. The Morgan fingerprint density at radius 2 is 1.89 bits per heavy atom. The molecule has 1 N–H and O–H groups in total. The van der Waals surface area contributed by atoms with Gasteiger partial charge in [-0.05, 0) is 38.7 Å². The summed E-state index contributed by atoms with van der Waals surface area (Å²) in [5.41, 5.74) is 2.49. The molecule has 2 aromatic rings. The highest BCUT2D eigenvalue weighted by atomic mass is 32.2. The monoisotopic (exact) mass is 416 g/mol. The average molecular weight is 416 g/mol. The average Bonchev–Trinajstić information content (AvgIpc) is 3.04. The third-order valence-electron chi connectivity index (χ3n) is 5.87. The molecule has 0 radical (unpaired) electrons. The maximum Gasteiger partial charge on any atom is 0.391 e. The maximum absolute atomic E-state index is 12.9. The Morgan fingerprint density at radius 3 is 2.54 bits per heavy atom.